The Bertz CT molecular complexity index is 597. The zero-order chi connectivity index (χ0) is 17.9. The number of nitrogens with one attached hydrogen (secondary N) is 1. The van der Waals surface area contributed by atoms with Gasteiger partial charge in [-0.2, -0.15) is 0 Å². The summed E-state index contributed by atoms with van der Waals surface area (Å²) in [6, 6.07) is 8.70. The van der Waals surface area contributed by atoms with Crippen LogP contribution in [0, 0.1) is 5.92 Å². The summed E-state index contributed by atoms with van der Waals surface area (Å²) in [4.78, 5) is 14.1. The molecular formula is C20H30N2O3. The Morgan fingerprint density at radius 3 is 2.96 bits per heavy atom. The summed E-state index contributed by atoms with van der Waals surface area (Å²) in [6.45, 7) is 9.58. The van der Waals surface area contributed by atoms with Crippen LogP contribution in [0.4, 0.5) is 4.79 Å². The molecule has 5 heteroatoms. The van der Waals surface area contributed by atoms with E-state index in [1.807, 2.05) is 25.7 Å². The van der Waals surface area contributed by atoms with Gasteiger partial charge in [-0.05, 0) is 50.7 Å². The van der Waals surface area contributed by atoms with Gasteiger partial charge in [-0.25, -0.2) is 4.79 Å². The van der Waals surface area contributed by atoms with Gasteiger partial charge in [-0.1, -0.05) is 24.3 Å². The Morgan fingerprint density at radius 2 is 2.16 bits per heavy atom. The van der Waals surface area contributed by atoms with Crippen LogP contribution >= 0.6 is 0 Å². The average molecular weight is 346 g/mol. The number of carbonyl (C=O) groups excluding carboxylic acids is 1. The van der Waals surface area contributed by atoms with E-state index in [9.17, 15) is 4.79 Å². The molecule has 0 bridgehead atoms. The second-order valence-corrected chi connectivity index (χ2v) is 8.11. The van der Waals surface area contributed by atoms with E-state index in [1.165, 1.54) is 11.1 Å². The molecule has 1 aromatic carbocycles. The summed E-state index contributed by atoms with van der Waals surface area (Å²) in [5.41, 5.74) is 2.17. The molecule has 2 aliphatic rings. The Hall–Kier alpha value is -1.59. The third kappa shape index (κ3) is 4.95. The molecule has 2 aliphatic heterocycles. The Balaban J connectivity index is 1.53. The number of hydrogen-bond donors (Lipinski definition) is 1. The van der Waals surface area contributed by atoms with Gasteiger partial charge < -0.3 is 19.7 Å². The molecule has 0 radical (unpaired) electrons. The molecule has 2 atom stereocenters. The number of carbonyl (C=O) groups is 1. The minimum absolute atomic E-state index is 0.191. The second-order valence-electron chi connectivity index (χ2n) is 8.11. The van der Waals surface area contributed by atoms with E-state index in [4.69, 9.17) is 9.47 Å². The smallest absolute Gasteiger partial charge is 0.410 e. The number of nitrogens with zero attached hydrogens (tertiary/aromatic N) is 1. The molecule has 3 rings (SSSR count). The maximum atomic E-state index is 12.3. The number of amides is 1. The lowest BCUT2D eigenvalue weighted by atomic mass is 9.95. The van der Waals surface area contributed by atoms with E-state index in [0.29, 0.717) is 19.1 Å². The molecule has 0 aromatic heterocycles. The highest BCUT2D eigenvalue weighted by atomic mass is 16.6. The molecule has 25 heavy (non-hydrogen) atoms. The molecule has 0 spiro atoms. The number of ether oxygens (including phenoxy) is 2. The van der Waals surface area contributed by atoms with Crippen molar-refractivity contribution < 1.29 is 14.3 Å². The summed E-state index contributed by atoms with van der Waals surface area (Å²) >= 11 is 0. The normalized spacial score (nSPS) is 23.9. The number of benzene rings is 1. The van der Waals surface area contributed by atoms with Gasteiger partial charge in [0.05, 0.1) is 19.3 Å². The van der Waals surface area contributed by atoms with Crippen LogP contribution in [0.2, 0.25) is 0 Å². The number of likely N-dealkylation sites (tertiary alicyclic amines) is 1. The zero-order valence-corrected chi connectivity index (χ0v) is 15.6. The second kappa shape index (κ2) is 7.75. The fourth-order valence-corrected chi connectivity index (χ4v) is 3.58. The predicted octanol–water partition coefficient (Wildman–Crippen LogP) is 3.49. The van der Waals surface area contributed by atoms with Gasteiger partial charge in [0.25, 0.3) is 0 Å². The predicted molar refractivity (Wildman–Crippen MR) is 97.4 cm³/mol. The first-order chi connectivity index (χ1) is 11.9. The van der Waals surface area contributed by atoms with E-state index in [2.05, 4.69) is 29.6 Å². The van der Waals surface area contributed by atoms with Crippen LogP contribution in [-0.4, -0.2) is 42.8 Å². The van der Waals surface area contributed by atoms with Gasteiger partial charge in [0.2, 0.25) is 0 Å². The Kier molecular flexibility index (Phi) is 5.64. The first-order valence-corrected chi connectivity index (χ1v) is 9.29. The lowest BCUT2D eigenvalue weighted by Gasteiger charge is -2.35. The first-order valence-electron chi connectivity index (χ1n) is 9.29. The highest BCUT2D eigenvalue weighted by molar-refractivity contribution is 5.68. The number of hydrogen-bond acceptors (Lipinski definition) is 4. The zero-order valence-electron chi connectivity index (χ0n) is 15.6. The number of piperidine rings is 1. The van der Waals surface area contributed by atoms with Gasteiger partial charge in [-0.3, -0.25) is 0 Å². The topological polar surface area (TPSA) is 50.8 Å². The van der Waals surface area contributed by atoms with Crippen LogP contribution < -0.4 is 5.32 Å². The Labute approximate surface area is 150 Å². The molecule has 0 aliphatic carbocycles. The summed E-state index contributed by atoms with van der Waals surface area (Å²) in [5.74, 6) is 0.454. The summed E-state index contributed by atoms with van der Waals surface area (Å²) in [5, 5.41) is 3.65. The van der Waals surface area contributed by atoms with Crippen molar-refractivity contribution in [2.75, 3.05) is 26.2 Å². The number of fused-ring (bicyclic) bond motifs is 1. The van der Waals surface area contributed by atoms with Crippen LogP contribution in [0.1, 0.15) is 50.8 Å². The average Bonchev–Trinajstić information content (AvgIpc) is 2.59. The van der Waals surface area contributed by atoms with Crippen LogP contribution in [0.15, 0.2) is 24.3 Å². The maximum absolute atomic E-state index is 12.3. The molecule has 1 N–H and O–H groups in total. The molecule has 5 nitrogen and oxygen atoms in total. The first kappa shape index (κ1) is 18.2. The third-order valence-electron chi connectivity index (χ3n) is 4.80. The molecule has 138 valence electrons. The summed E-state index contributed by atoms with van der Waals surface area (Å²) < 4.78 is 11.2. The van der Waals surface area contributed by atoms with Gasteiger partial charge in [0.15, 0.2) is 0 Å². The van der Waals surface area contributed by atoms with Crippen molar-refractivity contribution in [2.45, 2.75) is 51.9 Å². The fraction of sp³-hybridized carbons (Fsp3) is 0.650. The van der Waals surface area contributed by atoms with Crippen molar-refractivity contribution in [3.63, 3.8) is 0 Å². The lowest BCUT2D eigenvalue weighted by Crippen LogP contribution is -2.45. The van der Waals surface area contributed by atoms with Gasteiger partial charge in [0, 0.05) is 19.6 Å². The van der Waals surface area contributed by atoms with E-state index in [-0.39, 0.29) is 12.1 Å². The van der Waals surface area contributed by atoms with Crippen molar-refractivity contribution in [1.29, 1.82) is 0 Å². The fourth-order valence-electron chi connectivity index (χ4n) is 3.58. The molecular weight excluding hydrogens is 316 g/mol. The van der Waals surface area contributed by atoms with Crippen molar-refractivity contribution in [2.24, 2.45) is 5.92 Å². The SMILES string of the molecule is CC(C)(C)OC(=O)N1CCCC(CNC2COCc3ccccc32)C1. The highest BCUT2D eigenvalue weighted by Gasteiger charge is 2.28. The molecule has 2 heterocycles. The summed E-state index contributed by atoms with van der Waals surface area (Å²) in [6.07, 6.45) is 1.98. The molecule has 1 fully saturated rings. The standard InChI is InChI=1S/C20H30N2O3/c1-20(2,3)25-19(23)22-10-6-7-15(12-22)11-21-18-14-24-13-16-8-4-5-9-17(16)18/h4-5,8-9,15,18,21H,6-7,10-14H2,1-3H3. The van der Waals surface area contributed by atoms with Crippen LogP contribution in [0.3, 0.4) is 0 Å². The van der Waals surface area contributed by atoms with E-state index < -0.39 is 5.60 Å². The quantitative estimate of drug-likeness (QED) is 0.910. The molecule has 2 unspecified atom stereocenters. The van der Waals surface area contributed by atoms with Crippen LogP contribution in [-0.2, 0) is 16.1 Å². The van der Waals surface area contributed by atoms with Crippen LogP contribution in [0.5, 0.6) is 0 Å². The van der Waals surface area contributed by atoms with Crippen molar-refractivity contribution in [1.82, 2.24) is 10.2 Å². The minimum Gasteiger partial charge on any atom is -0.444 e. The maximum Gasteiger partial charge on any atom is 0.410 e. The van der Waals surface area contributed by atoms with E-state index in [1.54, 1.807) is 0 Å². The summed E-state index contributed by atoms with van der Waals surface area (Å²) in [7, 11) is 0. The Morgan fingerprint density at radius 1 is 1.36 bits per heavy atom. The molecule has 1 saturated heterocycles. The highest BCUT2D eigenvalue weighted by Crippen LogP contribution is 2.25. The van der Waals surface area contributed by atoms with Crippen molar-refractivity contribution >= 4 is 6.09 Å². The largest absolute Gasteiger partial charge is 0.444 e. The van der Waals surface area contributed by atoms with Gasteiger partial charge in [0.1, 0.15) is 5.60 Å². The molecule has 1 aromatic rings. The molecule has 1 amide bonds. The monoisotopic (exact) mass is 346 g/mol. The lowest BCUT2D eigenvalue weighted by molar-refractivity contribution is 0.0160. The van der Waals surface area contributed by atoms with Gasteiger partial charge in [-0.15, -0.1) is 0 Å². The van der Waals surface area contributed by atoms with Crippen LogP contribution in [0.25, 0.3) is 0 Å². The van der Waals surface area contributed by atoms with Crippen molar-refractivity contribution in [3.8, 4) is 0 Å². The number of rotatable bonds is 3. The minimum atomic E-state index is -0.439. The van der Waals surface area contributed by atoms with E-state index >= 15 is 0 Å². The molecule has 0 saturated carbocycles. The van der Waals surface area contributed by atoms with Gasteiger partial charge >= 0.3 is 6.09 Å². The third-order valence-corrected chi connectivity index (χ3v) is 4.80. The van der Waals surface area contributed by atoms with E-state index in [0.717, 1.165) is 32.5 Å². The van der Waals surface area contributed by atoms with Crippen molar-refractivity contribution in [3.05, 3.63) is 35.4 Å².